The van der Waals surface area contributed by atoms with Crippen molar-refractivity contribution in [2.24, 2.45) is 0 Å². The molecular formula is C29H20O8. The zero-order valence-electron chi connectivity index (χ0n) is 19.5. The maximum atomic E-state index is 13.7. The van der Waals surface area contributed by atoms with Crippen LogP contribution < -0.4 is 4.74 Å². The van der Waals surface area contributed by atoms with E-state index in [-0.39, 0.29) is 16.7 Å². The average molecular weight is 496 g/mol. The van der Waals surface area contributed by atoms with Gasteiger partial charge in [0.05, 0.1) is 29.4 Å². The Morgan fingerprint density at radius 1 is 0.541 bits per heavy atom. The van der Waals surface area contributed by atoms with Crippen LogP contribution in [0.4, 0.5) is 0 Å². The first kappa shape index (κ1) is 24.9. The Labute approximate surface area is 211 Å². The zero-order valence-corrected chi connectivity index (χ0v) is 19.5. The van der Waals surface area contributed by atoms with Crippen LogP contribution in [-0.4, -0.2) is 40.8 Å². The predicted molar refractivity (Wildman–Crippen MR) is 132 cm³/mol. The van der Waals surface area contributed by atoms with Gasteiger partial charge >= 0.3 is 11.9 Å². The normalized spacial score (nSPS) is 10.4. The van der Waals surface area contributed by atoms with Crippen molar-refractivity contribution < 1.29 is 38.9 Å². The quantitative estimate of drug-likeness (QED) is 0.165. The number of carbonyl (C=O) groups excluding carboxylic acids is 4. The number of methoxy groups -OCH3 is 1. The van der Waals surface area contributed by atoms with Crippen molar-refractivity contribution in [3.63, 3.8) is 0 Å². The summed E-state index contributed by atoms with van der Waals surface area (Å²) in [5, 5.41) is 21.9. The van der Waals surface area contributed by atoms with Crippen LogP contribution in [0.2, 0.25) is 0 Å². The molecule has 2 N–H and O–H groups in total. The van der Waals surface area contributed by atoms with Gasteiger partial charge in [0.1, 0.15) is 0 Å². The number of hydrogen-bond acceptors (Lipinski definition) is 8. The Balaban J connectivity index is 2.04. The molecule has 0 saturated carbocycles. The van der Waals surface area contributed by atoms with E-state index in [0.29, 0.717) is 0 Å². The van der Waals surface area contributed by atoms with Gasteiger partial charge in [0.2, 0.25) is 5.75 Å². The van der Waals surface area contributed by atoms with Crippen LogP contribution in [0.15, 0.2) is 91.0 Å². The van der Waals surface area contributed by atoms with Gasteiger partial charge in [0.15, 0.2) is 23.1 Å². The highest BCUT2D eigenvalue weighted by Crippen LogP contribution is 2.46. The Bertz CT molecular complexity index is 1490. The highest BCUT2D eigenvalue weighted by molar-refractivity contribution is 6.24. The van der Waals surface area contributed by atoms with E-state index in [1.54, 1.807) is 54.6 Å². The third-order valence-corrected chi connectivity index (χ3v) is 5.52. The van der Waals surface area contributed by atoms with Gasteiger partial charge in [-0.2, -0.15) is 0 Å². The summed E-state index contributed by atoms with van der Waals surface area (Å²) in [4.78, 5) is 53.0. The second-order valence-electron chi connectivity index (χ2n) is 7.79. The Kier molecular flexibility index (Phi) is 7.11. The fraction of sp³-hybridized carbons (Fsp3) is 0.0345. The molecule has 8 heteroatoms. The lowest BCUT2D eigenvalue weighted by Gasteiger charge is -2.19. The highest BCUT2D eigenvalue weighted by Gasteiger charge is 2.37. The lowest BCUT2D eigenvalue weighted by molar-refractivity contribution is 0.0589. The van der Waals surface area contributed by atoms with E-state index in [1.807, 2.05) is 0 Å². The first-order valence-electron chi connectivity index (χ1n) is 11.0. The van der Waals surface area contributed by atoms with Gasteiger partial charge in [-0.1, -0.05) is 78.9 Å². The van der Waals surface area contributed by atoms with E-state index in [2.05, 4.69) is 0 Å². The van der Waals surface area contributed by atoms with Gasteiger partial charge in [0.25, 0.3) is 0 Å². The number of hydrogen-bond donors (Lipinski definition) is 2. The summed E-state index contributed by atoms with van der Waals surface area (Å²) in [6.07, 6.45) is 0. The van der Waals surface area contributed by atoms with Gasteiger partial charge in [-0.05, 0) is 12.1 Å². The number of benzene rings is 4. The van der Waals surface area contributed by atoms with Crippen molar-refractivity contribution in [1.82, 2.24) is 0 Å². The number of rotatable bonds is 7. The Morgan fingerprint density at radius 2 is 0.973 bits per heavy atom. The van der Waals surface area contributed by atoms with Gasteiger partial charge < -0.3 is 19.7 Å². The molecule has 0 saturated heterocycles. The molecule has 0 aliphatic heterocycles. The van der Waals surface area contributed by atoms with Crippen molar-refractivity contribution in [1.29, 1.82) is 0 Å². The molecule has 0 aliphatic carbocycles. The fourth-order valence-electron chi connectivity index (χ4n) is 3.74. The molecule has 4 aromatic carbocycles. The van der Waals surface area contributed by atoms with Crippen LogP contribution in [-0.2, 0) is 4.74 Å². The lowest BCUT2D eigenvalue weighted by Crippen LogP contribution is -2.21. The first-order valence-corrected chi connectivity index (χ1v) is 11.0. The van der Waals surface area contributed by atoms with Gasteiger partial charge in [-0.25, -0.2) is 9.59 Å². The molecule has 0 heterocycles. The van der Waals surface area contributed by atoms with Gasteiger partial charge in [-0.15, -0.1) is 0 Å². The molecular weight excluding hydrogens is 476 g/mol. The molecule has 0 amide bonds. The van der Waals surface area contributed by atoms with Crippen LogP contribution in [0.3, 0.4) is 0 Å². The summed E-state index contributed by atoms with van der Waals surface area (Å²) < 4.78 is 10.2. The summed E-state index contributed by atoms with van der Waals surface area (Å²) in [6.45, 7) is 0. The lowest BCUT2D eigenvalue weighted by atomic mass is 9.88. The number of ether oxygens (including phenoxy) is 2. The standard InChI is InChI=1S/C29H20O8/c1-36-29(35)20-21(23(30)17-11-5-2-6-12-17)25(32)26(33)27(37-28(34)19-15-9-4-10-16-19)22(20)24(31)18-13-7-3-8-14-18/h2-16,32-33H,1H3. The van der Waals surface area contributed by atoms with E-state index in [0.717, 1.165) is 7.11 Å². The molecule has 0 aromatic heterocycles. The van der Waals surface area contributed by atoms with Crippen LogP contribution in [0, 0.1) is 0 Å². The molecule has 0 radical (unpaired) electrons. The molecule has 0 fully saturated rings. The molecule has 8 nitrogen and oxygen atoms in total. The number of phenolic OH excluding ortho intramolecular Hbond substituents is 2. The summed E-state index contributed by atoms with van der Waals surface area (Å²) >= 11 is 0. The number of ketones is 2. The Hall–Kier alpha value is -5.24. The molecule has 0 unspecified atom stereocenters. The van der Waals surface area contributed by atoms with Crippen LogP contribution >= 0.6 is 0 Å². The van der Waals surface area contributed by atoms with Crippen LogP contribution in [0.1, 0.15) is 52.6 Å². The molecule has 0 atom stereocenters. The van der Waals surface area contributed by atoms with E-state index in [4.69, 9.17) is 9.47 Å². The third-order valence-electron chi connectivity index (χ3n) is 5.52. The smallest absolute Gasteiger partial charge is 0.343 e. The third kappa shape index (κ3) is 4.81. The minimum atomic E-state index is -1.16. The van der Waals surface area contributed by atoms with E-state index >= 15 is 0 Å². The highest BCUT2D eigenvalue weighted by atomic mass is 16.5. The largest absolute Gasteiger partial charge is 0.504 e. The number of aromatic hydroxyl groups is 2. The second kappa shape index (κ2) is 10.6. The second-order valence-corrected chi connectivity index (χ2v) is 7.79. The summed E-state index contributed by atoms with van der Waals surface area (Å²) in [5.41, 5.74) is -1.74. The first-order chi connectivity index (χ1) is 17.8. The molecule has 37 heavy (non-hydrogen) atoms. The Morgan fingerprint density at radius 3 is 1.43 bits per heavy atom. The maximum absolute atomic E-state index is 13.7. The van der Waals surface area contributed by atoms with Crippen molar-refractivity contribution >= 4 is 23.5 Å². The fourth-order valence-corrected chi connectivity index (χ4v) is 3.74. The predicted octanol–water partition coefficient (Wildman–Crippen LogP) is 4.57. The average Bonchev–Trinajstić information content (AvgIpc) is 2.95. The number of phenols is 2. The van der Waals surface area contributed by atoms with Crippen molar-refractivity contribution in [3.05, 3.63) is 124 Å². The molecule has 0 spiro atoms. The van der Waals surface area contributed by atoms with E-state index in [1.165, 1.54) is 36.4 Å². The topological polar surface area (TPSA) is 127 Å². The van der Waals surface area contributed by atoms with E-state index < -0.39 is 57.4 Å². The summed E-state index contributed by atoms with van der Waals surface area (Å²) in [6, 6.07) is 23.0. The molecule has 4 aromatic rings. The minimum absolute atomic E-state index is 0.0628. The van der Waals surface area contributed by atoms with Crippen molar-refractivity contribution in [2.75, 3.05) is 7.11 Å². The maximum Gasteiger partial charge on any atom is 0.343 e. The van der Waals surface area contributed by atoms with Crippen molar-refractivity contribution in [3.8, 4) is 17.2 Å². The zero-order chi connectivity index (χ0) is 26.5. The van der Waals surface area contributed by atoms with Crippen LogP contribution in [0.5, 0.6) is 17.2 Å². The number of carbonyl (C=O) groups is 4. The van der Waals surface area contributed by atoms with E-state index in [9.17, 15) is 29.4 Å². The summed E-state index contributed by atoms with van der Waals surface area (Å²) in [5.74, 6) is -6.75. The molecule has 0 aliphatic rings. The minimum Gasteiger partial charge on any atom is -0.504 e. The summed E-state index contributed by atoms with van der Waals surface area (Å²) in [7, 11) is 1.02. The molecule has 4 rings (SSSR count). The number of esters is 2. The monoisotopic (exact) mass is 496 g/mol. The SMILES string of the molecule is COC(=O)c1c(C(=O)c2ccccc2)c(O)c(O)c(OC(=O)c2ccccc2)c1C(=O)c1ccccc1. The van der Waals surface area contributed by atoms with Gasteiger partial charge in [0, 0.05) is 11.1 Å². The molecule has 184 valence electrons. The van der Waals surface area contributed by atoms with Crippen LogP contribution in [0.25, 0.3) is 0 Å². The van der Waals surface area contributed by atoms with Crippen molar-refractivity contribution in [2.45, 2.75) is 0 Å². The molecule has 0 bridgehead atoms. The van der Waals surface area contributed by atoms with Gasteiger partial charge in [-0.3, -0.25) is 9.59 Å².